The number of nitrogens with one attached hydrogen (secondary N) is 2. The molecule has 2 rings (SSSR count). The van der Waals surface area contributed by atoms with Crippen LogP contribution in [0.5, 0.6) is 0 Å². The lowest BCUT2D eigenvalue weighted by Gasteiger charge is -2.03. The molecule has 124 valence electrons. The Morgan fingerprint density at radius 2 is 1.39 bits per heavy atom. The standard InChI is InChI=1S/C13H16N4O2S4/c18-10(16-12-14-2-6-22-12)8-20-4-1-5-21-9-11(19)17-13-15-3-7-23-13/h2-3,6-7H,1,4-5,8-9H2,(H,14,16,18)(H,15,17,19). The summed E-state index contributed by atoms with van der Waals surface area (Å²) < 4.78 is 0. The Balaban J connectivity index is 1.43. The van der Waals surface area contributed by atoms with Crippen molar-refractivity contribution in [3.05, 3.63) is 23.2 Å². The molecule has 0 bridgehead atoms. The summed E-state index contributed by atoms with van der Waals surface area (Å²) in [6.07, 6.45) is 4.29. The largest absolute Gasteiger partial charge is 0.301 e. The molecule has 0 saturated carbocycles. The van der Waals surface area contributed by atoms with Gasteiger partial charge in [0.15, 0.2) is 10.3 Å². The first-order valence-electron chi connectivity index (χ1n) is 6.78. The number of anilines is 2. The third-order valence-electron chi connectivity index (χ3n) is 2.40. The van der Waals surface area contributed by atoms with E-state index in [0.29, 0.717) is 21.8 Å². The molecule has 0 fully saturated rings. The van der Waals surface area contributed by atoms with Crippen molar-refractivity contribution in [1.29, 1.82) is 0 Å². The highest BCUT2D eigenvalue weighted by molar-refractivity contribution is 8.00. The van der Waals surface area contributed by atoms with Crippen LogP contribution in [0.15, 0.2) is 23.2 Å². The second kappa shape index (κ2) is 10.6. The second-order valence-corrected chi connectivity index (χ2v) is 8.23. The van der Waals surface area contributed by atoms with Crippen LogP contribution >= 0.6 is 46.2 Å². The normalized spacial score (nSPS) is 10.4. The van der Waals surface area contributed by atoms with Crippen molar-refractivity contribution in [2.75, 3.05) is 33.6 Å². The fraction of sp³-hybridized carbons (Fsp3) is 0.385. The molecule has 0 saturated heterocycles. The fourth-order valence-electron chi connectivity index (χ4n) is 1.47. The number of amides is 2. The number of thiazole rings is 2. The summed E-state index contributed by atoms with van der Waals surface area (Å²) >= 11 is 5.99. The van der Waals surface area contributed by atoms with Gasteiger partial charge in [-0.1, -0.05) is 0 Å². The fourth-order valence-corrected chi connectivity index (χ4v) is 4.25. The van der Waals surface area contributed by atoms with Gasteiger partial charge in [-0.05, 0) is 17.9 Å². The predicted molar refractivity (Wildman–Crippen MR) is 101 cm³/mol. The third-order valence-corrected chi connectivity index (χ3v) is 5.87. The van der Waals surface area contributed by atoms with Gasteiger partial charge >= 0.3 is 0 Å². The van der Waals surface area contributed by atoms with E-state index >= 15 is 0 Å². The summed E-state index contributed by atoms with van der Waals surface area (Å²) in [6, 6.07) is 0. The molecular weight excluding hydrogens is 372 g/mol. The first-order chi connectivity index (χ1) is 11.2. The molecular formula is C13H16N4O2S4. The van der Waals surface area contributed by atoms with E-state index in [2.05, 4.69) is 20.6 Å². The molecule has 0 aliphatic heterocycles. The van der Waals surface area contributed by atoms with Crippen molar-refractivity contribution >= 4 is 68.3 Å². The van der Waals surface area contributed by atoms with E-state index in [-0.39, 0.29) is 11.8 Å². The average molecular weight is 389 g/mol. The molecule has 0 aliphatic carbocycles. The highest BCUT2D eigenvalue weighted by Gasteiger charge is 2.05. The minimum absolute atomic E-state index is 0.0274. The van der Waals surface area contributed by atoms with Gasteiger partial charge in [-0.2, -0.15) is 23.5 Å². The maximum atomic E-state index is 11.6. The van der Waals surface area contributed by atoms with Crippen molar-refractivity contribution in [3.63, 3.8) is 0 Å². The summed E-state index contributed by atoms with van der Waals surface area (Å²) in [4.78, 5) is 31.2. The second-order valence-electron chi connectivity index (χ2n) is 4.23. The molecule has 0 unspecified atom stereocenters. The minimum atomic E-state index is -0.0274. The van der Waals surface area contributed by atoms with Crippen molar-refractivity contribution in [1.82, 2.24) is 9.97 Å². The predicted octanol–water partition coefficient (Wildman–Crippen LogP) is 3.03. The van der Waals surface area contributed by atoms with Crippen LogP contribution < -0.4 is 10.6 Å². The lowest BCUT2D eigenvalue weighted by molar-refractivity contribution is -0.114. The highest BCUT2D eigenvalue weighted by Crippen LogP contribution is 2.13. The Morgan fingerprint density at radius 1 is 0.913 bits per heavy atom. The quantitative estimate of drug-likeness (QED) is 0.609. The Morgan fingerprint density at radius 3 is 1.78 bits per heavy atom. The maximum Gasteiger partial charge on any atom is 0.236 e. The number of carbonyl (C=O) groups excluding carboxylic acids is 2. The number of nitrogens with zero attached hydrogens (tertiary/aromatic N) is 2. The van der Waals surface area contributed by atoms with E-state index in [1.807, 2.05) is 10.8 Å². The van der Waals surface area contributed by atoms with Gasteiger partial charge in [-0.25, -0.2) is 9.97 Å². The Bertz CT molecular complexity index is 537. The molecule has 0 atom stereocenters. The zero-order valence-electron chi connectivity index (χ0n) is 12.2. The highest BCUT2D eigenvalue weighted by atomic mass is 32.2. The number of carbonyl (C=O) groups is 2. The Labute approximate surface area is 150 Å². The van der Waals surface area contributed by atoms with Crippen LogP contribution in [0, 0.1) is 0 Å². The smallest absolute Gasteiger partial charge is 0.236 e. The van der Waals surface area contributed by atoms with Crippen molar-refractivity contribution in [3.8, 4) is 0 Å². The molecule has 23 heavy (non-hydrogen) atoms. The van der Waals surface area contributed by atoms with Crippen LogP contribution in [0.3, 0.4) is 0 Å². The Kier molecular flexibility index (Phi) is 8.43. The molecule has 2 N–H and O–H groups in total. The van der Waals surface area contributed by atoms with Gasteiger partial charge in [0.25, 0.3) is 0 Å². The van der Waals surface area contributed by atoms with Gasteiger partial charge in [-0.15, -0.1) is 22.7 Å². The van der Waals surface area contributed by atoms with Crippen LogP contribution in [-0.4, -0.2) is 44.8 Å². The van der Waals surface area contributed by atoms with Gasteiger partial charge in [0, 0.05) is 23.2 Å². The summed E-state index contributed by atoms with van der Waals surface area (Å²) in [5.41, 5.74) is 0. The average Bonchev–Trinajstić information content (AvgIpc) is 3.20. The molecule has 0 radical (unpaired) electrons. The number of hydrogen-bond donors (Lipinski definition) is 2. The summed E-state index contributed by atoms with van der Waals surface area (Å²) in [7, 11) is 0. The van der Waals surface area contributed by atoms with E-state index in [0.717, 1.165) is 17.9 Å². The van der Waals surface area contributed by atoms with Crippen molar-refractivity contribution in [2.24, 2.45) is 0 Å². The molecule has 10 heteroatoms. The molecule has 2 aromatic heterocycles. The molecule has 0 aliphatic rings. The topological polar surface area (TPSA) is 84.0 Å². The van der Waals surface area contributed by atoms with Crippen LogP contribution in [0.25, 0.3) is 0 Å². The molecule has 0 aromatic carbocycles. The summed E-state index contributed by atoms with van der Waals surface area (Å²) in [5.74, 6) is 2.59. The van der Waals surface area contributed by atoms with Gasteiger partial charge in [0.2, 0.25) is 11.8 Å². The van der Waals surface area contributed by atoms with E-state index < -0.39 is 0 Å². The first-order valence-corrected chi connectivity index (χ1v) is 10.8. The molecule has 6 nitrogen and oxygen atoms in total. The van der Waals surface area contributed by atoms with Crippen molar-refractivity contribution in [2.45, 2.75) is 6.42 Å². The lowest BCUT2D eigenvalue weighted by Crippen LogP contribution is -2.14. The minimum Gasteiger partial charge on any atom is -0.301 e. The van der Waals surface area contributed by atoms with E-state index in [9.17, 15) is 9.59 Å². The van der Waals surface area contributed by atoms with E-state index in [4.69, 9.17) is 0 Å². The molecule has 2 aromatic rings. The molecule has 0 spiro atoms. The lowest BCUT2D eigenvalue weighted by atomic mass is 10.6. The number of rotatable bonds is 10. The van der Waals surface area contributed by atoms with E-state index in [1.54, 1.807) is 35.9 Å². The van der Waals surface area contributed by atoms with Gasteiger partial charge in [-0.3, -0.25) is 9.59 Å². The summed E-state index contributed by atoms with van der Waals surface area (Å²) in [6.45, 7) is 0. The van der Waals surface area contributed by atoms with Crippen LogP contribution in [0.4, 0.5) is 10.3 Å². The number of hydrogen-bond acceptors (Lipinski definition) is 8. The van der Waals surface area contributed by atoms with Crippen molar-refractivity contribution < 1.29 is 9.59 Å². The number of aromatic nitrogens is 2. The van der Waals surface area contributed by atoms with Crippen LogP contribution in [-0.2, 0) is 9.59 Å². The zero-order valence-corrected chi connectivity index (χ0v) is 15.5. The number of thioether (sulfide) groups is 2. The monoisotopic (exact) mass is 388 g/mol. The van der Waals surface area contributed by atoms with Crippen LogP contribution in [0.1, 0.15) is 6.42 Å². The van der Waals surface area contributed by atoms with Gasteiger partial charge in [0.05, 0.1) is 11.5 Å². The van der Waals surface area contributed by atoms with Gasteiger partial charge < -0.3 is 10.6 Å². The molecule has 2 amide bonds. The van der Waals surface area contributed by atoms with Gasteiger partial charge in [0.1, 0.15) is 0 Å². The molecule has 2 heterocycles. The SMILES string of the molecule is O=C(CSCCCSCC(=O)Nc1nccs1)Nc1nccs1. The summed E-state index contributed by atoms with van der Waals surface area (Å²) in [5, 5.41) is 10.4. The third kappa shape index (κ3) is 7.82. The van der Waals surface area contributed by atoms with Crippen LogP contribution in [0.2, 0.25) is 0 Å². The maximum absolute atomic E-state index is 11.6. The Hall–Kier alpha value is -1.10. The first kappa shape index (κ1) is 18.2. The zero-order chi connectivity index (χ0) is 16.3. The van der Waals surface area contributed by atoms with E-state index in [1.165, 1.54) is 22.7 Å².